The summed E-state index contributed by atoms with van der Waals surface area (Å²) in [6, 6.07) is 19.1. The normalized spacial score (nSPS) is 17.3. The van der Waals surface area contributed by atoms with Crippen LogP contribution >= 0.6 is 0 Å². The van der Waals surface area contributed by atoms with Crippen LogP contribution < -0.4 is 10.2 Å². The van der Waals surface area contributed by atoms with E-state index in [2.05, 4.69) is 5.32 Å². The summed E-state index contributed by atoms with van der Waals surface area (Å²) in [4.78, 5) is 1.92. The van der Waals surface area contributed by atoms with E-state index < -0.39 is 34.6 Å². The van der Waals surface area contributed by atoms with Crippen molar-refractivity contribution in [1.82, 2.24) is 5.32 Å². The molecule has 4 rings (SSSR count). The Balaban J connectivity index is 1.74. The number of hydrogen-bond donors (Lipinski definition) is 3. The molecular weight excluding hydrogens is 465 g/mol. The highest BCUT2D eigenvalue weighted by molar-refractivity contribution is 7.79. The van der Waals surface area contributed by atoms with E-state index in [4.69, 9.17) is 0 Å². The zero-order chi connectivity index (χ0) is 24.7. The largest absolute Gasteiger partial charge is 0.416 e. The van der Waals surface area contributed by atoms with Crippen molar-refractivity contribution >= 4 is 16.8 Å². The fraction of sp³-hybridized carbons (Fsp3) is 0.200. The number of nitrogens with zero attached hydrogens (tertiary/aromatic N) is 1. The summed E-state index contributed by atoms with van der Waals surface area (Å²) in [5, 5.41) is 13.6. The third-order valence-corrected chi connectivity index (χ3v) is 6.25. The second-order valence-electron chi connectivity index (χ2n) is 8.46. The van der Waals surface area contributed by atoms with Gasteiger partial charge in [0.2, 0.25) is 0 Å². The highest BCUT2D eigenvalue weighted by atomic mass is 32.2. The Labute approximate surface area is 197 Å². The van der Waals surface area contributed by atoms with Gasteiger partial charge in [0.15, 0.2) is 11.1 Å². The van der Waals surface area contributed by atoms with Gasteiger partial charge in [-0.25, -0.2) is 4.21 Å². The minimum absolute atomic E-state index is 0.0349. The Kier molecular flexibility index (Phi) is 6.28. The maximum Gasteiger partial charge on any atom is 0.416 e. The first-order valence-electron chi connectivity index (χ1n) is 10.4. The second-order valence-corrected chi connectivity index (χ2v) is 9.43. The van der Waals surface area contributed by atoms with Gasteiger partial charge in [-0.05, 0) is 55.3 Å². The zero-order valence-corrected chi connectivity index (χ0v) is 19.2. The van der Waals surface area contributed by atoms with Gasteiger partial charge in [-0.3, -0.25) is 0 Å². The molecule has 2 atom stereocenters. The van der Waals surface area contributed by atoms with Gasteiger partial charge < -0.3 is 19.9 Å². The molecule has 0 aliphatic carbocycles. The minimum atomic E-state index is -4.54. The molecule has 1 aliphatic heterocycles. The molecule has 178 valence electrons. The van der Waals surface area contributed by atoms with E-state index in [-0.39, 0.29) is 10.5 Å². The van der Waals surface area contributed by atoms with Gasteiger partial charge in [-0.1, -0.05) is 42.5 Å². The van der Waals surface area contributed by atoms with Gasteiger partial charge in [-0.15, -0.1) is 0 Å². The lowest BCUT2D eigenvalue weighted by atomic mass is 10.0. The van der Waals surface area contributed by atoms with Crippen LogP contribution in [-0.2, 0) is 17.3 Å². The van der Waals surface area contributed by atoms with Crippen LogP contribution in [0.2, 0.25) is 0 Å². The predicted molar refractivity (Wildman–Crippen MR) is 125 cm³/mol. The summed E-state index contributed by atoms with van der Waals surface area (Å²) in [5.74, 6) is 0. The van der Waals surface area contributed by atoms with Crippen molar-refractivity contribution < 1.29 is 27.0 Å². The molecule has 0 aromatic heterocycles. The van der Waals surface area contributed by atoms with Gasteiger partial charge in [0, 0.05) is 17.5 Å². The lowest BCUT2D eigenvalue weighted by molar-refractivity contribution is -0.138. The van der Waals surface area contributed by atoms with Gasteiger partial charge in [-0.2, -0.15) is 13.2 Å². The van der Waals surface area contributed by atoms with Crippen LogP contribution in [0, 0.1) is 0 Å². The van der Waals surface area contributed by atoms with Crippen LogP contribution in [0.5, 0.6) is 0 Å². The molecule has 0 bridgehead atoms. The van der Waals surface area contributed by atoms with E-state index in [1.165, 1.54) is 12.1 Å². The maximum absolute atomic E-state index is 13.7. The Morgan fingerprint density at radius 2 is 1.62 bits per heavy atom. The van der Waals surface area contributed by atoms with Crippen molar-refractivity contribution in [1.29, 1.82) is 0 Å². The maximum atomic E-state index is 13.7. The molecule has 1 heterocycles. The number of rotatable bonds is 5. The molecule has 0 spiro atoms. The van der Waals surface area contributed by atoms with Crippen LogP contribution in [0.3, 0.4) is 0 Å². The predicted octanol–water partition coefficient (Wildman–Crippen LogP) is 5.67. The highest BCUT2D eigenvalue weighted by Crippen LogP contribution is 2.40. The second kappa shape index (κ2) is 8.90. The third kappa shape index (κ3) is 4.86. The first kappa shape index (κ1) is 24.0. The molecule has 0 amide bonds. The molecule has 1 aliphatic rings. The van der Waals surface area contributed by atoms with E-state index in [1.54, 1.807) is 79.5 Å². The molecule has 0 saturated carbocycles. The molecule has 34 heavy (non-hydrogen) atoms. The monoisotopic (exact) mass is 488 g/mol. The first-order chi connectivity index (χ1) is 15.9. The fourth-order valence-corrected chi connectivity index (χ4v) is 4.28. The Morgan fingerprint density at radius 3 is 2.24 bits per heavy atom. The van der Waals surface area contributed by atoms with E-state index in [9.17, 15) is 27.0 Å². The van der Waals surface area contributed by atoms with Crippen molar-refractivity contribution in [2.45, 2.75) is 36.7 Å². The van der Waals surface area contributed by atoms with Gasteiger partial charge in [0.05, 0.1) is 21.8 Å². The average Bonchev–Trinajstić information content (AvgIpc) is 3.25. The third-order valence-electron chi connectivity index (χ3n) is 5.59. The zero-order valence-electron chi connectivity index (χ0n) is 18.4. The number of hydrogen-bond acceptors (Lipinski definition) is 4. The Morgan fingerprint density at radius 1 is 0.941 bits per heavy atom. The van der Waals surface area contributed by atoms with Crippen LogP contribution in [0.25, 0.3) is 11.1 Å². The lowest BCUT2D eigenvalue weighted by Crippen LogP contribution is -2.34. The number of halogens is 3. The van der Waals surface area contributed by atoms with Gasteiger partial charge in [0.25, 0.3) is 0 Å². The fourth-order valence-electron chi connectivity index (χ4n) is 3.86. The van der Waals surface area contributed by atoms with Crippen molar-refractivity contribution in [3.8, 4) is 11.1 Å². The molecule has 3 aromatic rings. The molecule has 3 N–H and O–H groups in total. The van der Waals surface area contributed by atoms with Crippen molar-refractivity contribution in [2.24, 2.45) is 0 Å². The Bertz CT molecular complexity index is 1250. The number of alkyl halides is 3. The smallest absolute Gasteiger partial charge is 0.384 e. The van der Waals surface area contributed by atoms with Crippen molar-refractivity contribution in [3.63, 3.8) is 0 Å². The topological polar surface area (TPSA) is 72.8 Å². The molecule has 3 aromatic carbocycles. The molecule has 2 unspecified atom stereocenters. The number of nitrogens with one attached hydrogen (secondary N) is 1. The summed E-state index contributed by atoms with van der Waals surface area (Å²) in [7, 11) is 0. The van der Waals surface area contributed by atoms with Crippen molar-refractivity contribution in [3.05, 3.63) is 95.8 Å². The van der Waals surface area contributed by atoms with Gasteiger partial charge in [0.1, 0.15) is 6.17 Å². The molecule has 9 heteroatoms. The van der Waals surface area contributed by atoms with Crippen molar-refractivity contribution in [2.75, 3.05) is 4.90 Å². The quantitative estimate of drug-likeness (QED) is 0.404. The van der Waals surface area contributed by atoms with E-state index >= 15 is 0 Å². The summed E-state index contributed by atoms with van der Waals surface area (Å²) in [5.41, 5.74) is 0.498. The summed E-state index contributed by atoms with van der Waals surface area (Å²) >= 11 is -2.11. The van der Waals surface area contributed by atoms with Crippen LogP contribution in [0.1, 0.15) is 31.1 Å². The van der Waals surface area contributed by atoms with Crippen LogP contribution in [0.15, 0.2) is 89.6 Å². The Hall–Kier alpha value is -3.14. The number of benzene rings is 3. The van der Waals surface area contributed by atoms with Crippen LogP contribution in [-0.4, -0.2) is 19.5 Å². The summed E-state index contributed by atoms with van der Waals surface area (Å²) in [6.45, 7) is 3.12. The SMILES string of the molecule is CC(C)(O)C1=CN(c2ccc(-c3cccc(S(=O)O)c3)cc2)C(c2ccccc2C(F)(F)F)N1. The molecule has 0 radical (unpaired) electrons. The van der Waals surface area contributed by atoms with E-state index in [0.717, 1.165) is 17.2 Å². The van der Waals surface area contributed by atoms with E-state index in [0.29, 0.717) is 11.4 Å². The van der Waals surface area contributed by atoms with E-state index in [1.807, 2.05) is 0 Å². The molecular formula is C25H23F3N2O3S. The number of anilines is 1. The molecule has 5 nitrogen and oxygen atoms in total. The summed E-state index contributed by atoms with van der Waals surface area (Å²) < 4.78 is 61.9. The number of aliphatic hydroxyl groups is 1. The standard InChI is InChI=1S/C25H23F3N2O3S/c1-24(2,31)22-15-30(23(29-22)20-8-3-4-9-21(20)25(26,27)28)18-12-10-16(11-13-18)17-6-5-7-19(14-17)34(32)33/h3-15,23,29,31H,1-2H3,(H,32,33). The first-order valence-corrected chi connectivity index (χ1v) is 11.5. The lowest BCUT2D eigenvalue weighted by Gasteiger charge is -2.29. The summed E-state index contributed by atoms with van der Waals surface area (Å²) in [6.07, 6.45) is -3.81. The average molecular weight is 489 g/mol. The molecule has 0 fully saturated rings. The highest BCUT2D eigenvalue weighted by Gasteiger charge is 2.39. The molecule has 0 saturated heterocycles. The van der Waals surface area contributed by atoms with Crippen LogP contribution in [0.4, 0.5) is 18.9 Å². The minimum Gasteiger partial charge on any atom is -0.384 e. The van der Waals surface area contributed by atoms with Gasteiger partial charge >= 0.3 is 6.18 Å².